The lowest BCUT2D eigenvalue weighted by atomic mass is 10.1. The van der Waals surface area contributed by atoms with Crippen molar-refractivity contribution in [3.63, 3.8) is 0 Å². The molecule has 0 radical (unpaired) electrons. The van der Waals surface area contributed by atoms with Crippen molar-refractivity contribution in [1.82, 2.24) is 0 Å². The number of azo groups is 1. The molecule has 0 heterocycles. The smallest absolute Gasteiger partial charge is 0.314 e. The third-order valence-electron chi connectivity index (χ3n) is 3.75. The van der Waals surface area contributed by atoms with Gasteiger partial charge in [-0.25, -0.2) is 0 Å². The van der Waals surface area contributed by atoms with Gasteiger partial charge in [0.1, 0.15) is 16.3 Å². The molecule has 0 fully saturated rings. The van der Waals surface area contributed by atoms with E-state index in [0.29, 0.717) is 0 Å². The largest absolute Gasteiger partial charge is 0.505 e. The fourth-order valence-electron chi connectivity index (χ4n) is 2.50. The minimum absolute atomic E-state index is 0.0565. The summed E-state index contributed by atoms with van der Waals surface area (Å²) in [6, 6.07) is 8.50. The van der Waals surface area contributed by atoms with Crippen molar-refractivity contribution in [2.45, 2.75) is 4.90 Å². The number of nitro groups is 1. The summed E-state index contributed by atoms with van der Waals surface area (Å²) in [4.78, 5) is 9.68. The molecule has 0 saturated heterocycles. The molecule has 0 amide bonds. The molecular formula is C16H10ClN3O7S. The standard InChI is InChI=1S/C16H10ClN3O7S/c17-8-6-12(16(22)13(7-8)20(23)24)19-18-11-5-4-9-10(15(11)21)2-1-3-14(9)28(25,26)27/h1-7,21-22H,(H,25,26,27). The first-order chi connectivity index (χ1) is 13.1. The molecule has 0 saturated carbocycles. The van der Waals surface area contributed by atoms with Gasteiger partial charge in [-0.15, -0.1) is 10.2 Å². The van der Waals surface area contributed by atoms with Crippen molar-refractivity contribution in [2.24, 2.45) is 10.2 Å². The molecule has 3 aromatic carbocycles. The minimum atomic E-state index is -4.51. The summed E-state index contributed by atoms with van der Waals surface area (Å²) in [6.07, 6.45) is 0. The van der Waals surface area contributed by atoms with Crippen LogP contribution < -0.4 is 0 Å². The van der Waals surface area contributed by atoms with E-state index in [-0.39, 0.29) is 27.2 Å². The van der Waals surface area contributed by atoms with E-state index in [1.54, 1.807) is 0 Å². The molecule has 0 atom stereocenters. The number of benzene rings is 3. The number of nitro benzene ring substituents is 1. The van der Waals surface area contributed by atoms with Crippen LogP contribution in [0.3, 0.4) is 0 Å². The van der Waals surface area contributed by atoms with E-state index in [1.807, 2.05) is 0 Å². The fourth-order valence-corrected chi connectivity index (χ4v) is 3.41. The SMILES string of the molecule is O=[N+]([O-])c1cc(Cl)cc(N=Nc2ccc3c(S(=O)(=O)O)cccc3c2O)c1O. The van der Waals surface area contributed by atoms with Crippen LogP contribution in [-0.4, -0.2) is 28.1 Å². The van der Waals surface area contributed by atoms with E-state index >= 15 is 0 Å². The number of hydrogen-bond donors (Lipinski definition) is 3. The highest BCUT2D eigenvalue weighted by Crippen LogP contribution is 2.41. The average Bonchev–Trinajstić information content (AvgIpc) is 2.62. The first-order valence-corrected chi connectivity index (χ1v) is 9.22. The van der Waals surface area contributed by atoms with Gasteiger partial charge in [0.25, 0.3) is 10.1 Å². The first kappa shape index (κ1) is 19.5. The highest BCUT2D eigenvalue weighted by Gasteiger charge is 2.20. The van der Waals surface area contributed by atoms with Gasteiger partial charge in [-0.2, -0.15) is 8.42 Å². The van der Waals surface area contributed by atoms with Crippen LogP contribution in [0.15, 0.2) is 57.6 Å². The van der Waals surface area contributed by atoms with Gasteiger partial charge in [-0.05, 0) is 18.2 Å². The van der Waals surface area contributed by atoms with Crippen LogP contribution in [0.25, 0.3) is 10.8 Å². The maximum Gasteiger partial charge on any atom is 0.314 e. The topological polar surface area (TPSA) is 163 Å². The Morgan fingerprint density at radius 1 is 0.964 bits per heavy atom. The van der Waals surface area contributed by atoms with Crippen molar-refractivity contribution >= 4 is 49.6 Å². The van der Waals surface area contributed by atoms with Crippen molar-refractivity contribution in [3.05, 3.63) is 57.6 Å². The fraction of sp³-hybridized carbons (Fsp3) is 0. The molecule has 3 aromatic rings. The zero-order valence-corrected chi connectivity index (χ0v) is 15.2. The summed E-state index contributed by atoms with van der Waals surface area (Å²) in [7, 11) is -4.51. The molecule has 0 bridgehead atoms. The zero-order chi connectivity index (χ0) is 20.6. The number of phenols is 2. The van der Waals surface area contributed by atoms with Gasteiger partial charge in [0.15, 0.2) is 5.75 Å². The minimum Gasteiger partial charge on any atom is -0.505 e. The molecule has 144 valence electrons. The van der Waals surface area contributed by atoms with Gasteiger partial charge in [0.2, 0.25) is 5.75 Å². The second kappa shape index (κ2) is 7.03. The maximum atomic E-state index is 11.4. The van der Waals surface area contributed by atoms with Gasteiger partial charge in [0, 0.05) is 21.9 Å². The number of phenolic OH excluding ortho intramolecular Hbond substituents is 2. The molecule has 0 unspecified atom stereocenters. The predicted octanol–water partition coefficient (Wildman–Crippen LogP) is 4.47. The lowest BCUT2D eigenvalue weighted by Crippen LogP contribution is -1.98. The summed E-state index contributed by atoms with van der Waals surface area (Å²) in [5, 5.41) is 38.7. The Balaban J connectivity index is 2.12. The molecule has 3 rings (SSSR count). The molecule has 0 spiro atoms. The monoisotopic (exact) mass is 423 g/mol. The number of halogens is 1. The Kier molecular flexibility index (Phi) is 4.89. The number of nitrogens with zero attached hydrogens (tertiary/aromatic N) is 3. The van der Waals surface area contributed by atoms with E-state index in [2.05, 4.69) is 10.2 Å². The lowest BCUT2D eigenvalue weighted by molar-refractivity contribution is -0.385. The van der Waals surface area contributed by atoms with Crippen LogP contribution in [-0.2, 0) is 10.1 Å². The van der Waals surface area contributed by atoms with Gasteiger partial charge in [-0.3, -0.25) is 14.7 Å². The Morgan fingerprint density at radius 3 is 2.29 bits per heavy atom. The predicted molar refractivity (Wildman–Crippen MR) is 99.4 cm³/mol. The molecule has 3 N–H and O–H groups in total. The highest BCUT2D eigenvalue weighted by atomic mass is 35.5. The molecule has 0 aliphatic rings. The number of hydrogen-bond acceptors (Lipinski definition) is 8. The molecular weight excluding hydrogens is 414 g/mol. The summed E-state index contributed by atoms with van der Waals surface area (Å²) in [5.74, 6) is -1.20. The number of rotatable bonds is 4. The summed E-state index contributed by atoms with van der Waals surface area (Å²) < 4.78 is 32.2. The summed E-state index contributed by atoms with van der Waals surface area (Å²) in [6.45, 7) is 0. The van der Waals surface area contributed by atoms with Crippen molar-refractivity contribution in [1.29, 1.82) is 0 Å². The van der Waals surface area contributed by atoms with Crippen LogP contribution in [0.1, 0.15) is 0 Å². The molecule has 0 aromatic heterocycles. The van der Waals surface area contributed by atoms with Crippen LogP contribution in [0.5, 0.6) is 11.5 Å². The molecule has 0 aliphatic carbocycles. The van der Waals surface area contributed by atoms with Crippen LogP contribution in [0.4, 0.5) is 17.1 Å². The van der Waals surface area contributed by atoms with Crippen molar-refractivity contribution in [3.8, 4) is 11.5 Å². The Bertz CT molecular complexity index is 1260. The van der Waals surface area contributed by atoms with E-state index < -0.39 is 37.1 Å². The Morgan fingerprint density at radius 2 is 1.64 bits per heavy atom. The number of fused-ring (bicyclic) bond motifs is 1. The maximum absolute atomic E-state index is 11.4. The van der Waals surface area contributed by atoms with Gasteiger partial charge in [-0.1, -0.05) is 29.8 Å². The van der Waals surface area contributed by atoms with Crippen molar-refractivity contribution in [2.75, 3.05) is 0 Å². The van der Waals surface area contributed by atoms with E-state index in [4.69, 9.17) is 11.6 Å². The molecule has 10 nitrogen and oxygen atoms in total. The van der Waals surface area contributed by atoms with Gasteiger partial charge >= 0.3 is 5.69 Å². The van der Waals surface area contributed by atoms with E-state index in [0.717, 1.165) is 12.1 Å². The zero-order valence-electron chi connectivity index (χ0n) is 13.6. The van der Waals surface area contributed by atoms with Crippen LogP contribution in [0.2, 0.25) is 5.02 Å². The quantitative estimate of drug-likeness (QED) is 0.241. The van der Waals surface area contributed by atoms with Crippen LogP contribution >= 0.6 is 11.6 Å². The van der Waals surface area contributed by atoms with E-state index in [9.17, 15) is 33.3 Å². The second-order valence-electron chi connectivity index (χ2n) is 5.51. The summed E-state index contributed by atoms with van der Waals surface area (Å²) in [5.41, 5.74) is -1.07. The van der Waals surface area contributed by atoms with Gasteiger partial charge in [0.05, 0.1) is 4.92 Å². The molecule has 28 heavy (non-hydrogen) atoms. The molecule has 12 heteroatoms. The third-order valence-corrected chi connectivity index (χ3v) is 4.88. The first-order valence-electron chi connectivity index (χ1n) is 7.40. The van der Waals surface area contributed by atoms with Crippen molar-refractivity contribution < 1.29 is 28.1 Å². The van der Waals surface area contributed by atoms with Crippen LogP contribution in [0, 0.1) is 10.1 Å². The normalized spacial score (nSPS) is 11.9. The second-order valence-corrected chi connectivity index (χ2v) is 7.34. The number of aromatic hydroxyl groups is 2. The Labute approximate surface area is 162 Å². The highest BCUT2D eigenvalue weighted by molar-refractivity contribution is 7.86. The Hall–Kier alpha value is -3.28. The summed E-state index contributed by atoms with van der Waals surface area (Å²) >= 11 is 5.77. The molecule has 0 aliphatic heterocycles. The average molecular weight is 424 g/mol. The lowest BCUT2D eigenvalue weighted by Gasteiger charge is -2.07. The van der Waals surface area contributed by atoms with E-state index in [1.165, 1.54) is 30.3 Å². The third kappa shape index (κ3) is 3.58. The van der Waals surface area contributed by atoms with Gasteiger partial charge < -0.3 is 10.2 Å².